The summed E-state index contributed by atoms with van der Waals surface area (Å²) in [6.45, 7) is 5.32. The molecule has 2 aliphatic heterocycles. The Morgan fingerprint density at radius 2 is 2.05 bits per heavy atom. The van der Waals surface area contributed by atoms with Gasteiger partial charge in [-0.2, -0.15) is 0 Å². The zero-order valence-electron chi connectivity index (χ0n) is 12.8. The molecular formula is C18H24N2O. The summed E-state index contributed by atoms with van der Waals surface area (Å²) in [5.74, 6) is 1.23. The Morgan fingerprint density at radius 3 is 2.86 bits per heavy atom. The lowest BCUT2D eigenvalue weighted by Crippen LogP contribution is -2.39. The number of rotatable bonds is 1. The largest absolute Gasteiger partial charge is 0.317 e. The molecule has 1 N–H and O–H groups in total. The highest BCUT2D eigenvalue weighted by Crippen LogP contribution is 2.59. The lowest BCUT2D eigenvalue weighted by Gasteiger charge is -2.34. The van der Waals surface area contributed by atoms with Gasteiger partial charge in [0.05, 0.1) is 0 Å². The Hall–Kier alpha value is -1.35. The Kier molecular flexibility index (Phi) is 3.07. The number of anilines is 1. The van der Waals surface area contributed by atoms with Crippen molar-refractivity contribution in [2.24, 2.45) is 11.3 Å². The highest BCUT2D eigenvalue weighted by molar-refractivity contribution is 5.98. The molecule has 3 heteroatoms. The standard InChI is InChI=1S/C18H24N2O/c1-13-6-11-20(16-5-3-2-4-14(13)16)17(21)15-12-18(15)7-9-19-10-8-18/h2-5,13,15,19H,6-12H2,1H3. The molecule has 0 bridgehead atoms. The number of carbonyl (C=O) groups is 1. The van der Waals surface area contributed by atoms with E-state index >= 15 is 0 Å². The van der Waals surface area contributed by atoms with E-state index in [2.05, 4.69) is 41.4 Å². The minimum atomic E-state index is 0.279. The van der Waals surface area contributed by atoms with Crippen LogP contribution in [0.15, 0.2) is 24.3 Å². The molecule has 1 saturated heterocycles. The fraction of sp³-hybridized carbons (Fsp3) is 0.611. The van der Waals surface area contributed by atoms with Gasteiger partial charge < -0.3 is 10.2 Å². The average Bonchev–Trinajstić information content (AvgIpc) is 3.21. The van der Waals surface area contributed by atoms with Crippen LogP contribution in [0.3, 0.4) is 0 Å². The van der Waals surface area contributed by atoms with Crippen molar-refractivity contribution >= 4 is 11.6 Å². The molecule has 4 rings (SSSR count). The molecular weight excluding hydrogens is 260 g/mol. The van der Waals surface area contributed by atoms with Crippen LogP contribution in [0.25, 0.3) is 0 Å². The van der Waals surface area contributed by atoms with Gasteiger partial charge >= 0.3 is 0 Å². The minimum absolute atomic E-state index is 0.279. The van der Waals surface area contributed by atoms with Crippen molar-refractivity contribution in [2.45, 2.75) is 38.5 Å². The van der Waals surface area contributed by atoms with E-state index in [0.717, 1.165) is 38.2 Å². The van der Waals surface area contributed by atoms with Gasteiger partial charge in [0.1, 0.15) is 0 Å². The van der Waals surface area contributed by atoms with Crippen molar-refractivity contribution in [2.75, 3.05) is 24.5 Å². The number of fused-ring (bicyclic) bond motifs is 1. The van der Waals surface area contributed by atoms with Crippen LogP contribution in [-0.4, -0.2) is 25.5 Å². The third kappa shape index (κ3) is 2.10. The summed E-state index contributed by atoms with van der Waals surface area (Å²) in [7, 11) is 0. The summed E-state index contributed by atoms with van der Waals surface area (Å²) >= 11 is 0. The third-order valence-corrected chi connectivity index (χ3v) is 5.90. The number of para-hydroxylation sites is 1. The number of amides is 1. The van der Waals surface area contributed by atoms with Crippen molar-refractivity contribution in [1.82, 2.24) is 5.32 Å². The first kappa shape index (κ1) is 13.3. The SMILES string of the molecule is CC1CCN(C(=O)C2CC23CCNCC3)c2ccccc21. The summed E-state index contributed by atoms with van der Waals surface area (Å²) < 4.78 is 0. The van der Waals surface area contributed by atoms with Crippen LogP contribution in [0.1, 0.15) is 44.1 Å². The van der Waals surface area contributed by atoms with E-state index in [9.17, 15) is 4.79 Å². The maximum Gasteiger partial charge on any atom is 0.230 e. The second-order valence-electron chi connectivity index (χ2n) is 7.11. The van der Waals surface area contributed by atoms with Crippen LogP contribution in [0.5, 0.6) is 0 Å². The minimum Gasteiger partial charge on any atom is -0.317 e. The number of hydrogen-bond donors (Lipinski definition) is 1. The van der Waals surface area contributed by atoms with E-state index in [1.807, 2.05) is 0 Å². The van der Waals surface area contributed by atoms with Crippen molar-refractivity contribution in [1.29, 1.82) is 0 Å². The van der Waals surface area contributed by atoms with Crippen LogP contribution in [0.2, 0.25) is 0 Å². The Labute approximate surface area is 126 Å². The fourth-order valence-corrected chi connectivity index (χ4v) is 4.34. The molecule has 1 amide bonds. The van der Waals surface area contributed by atoms with Crippen molar-refractivity contribution < 1.29 is 4.79 Å². The van der Waals surface area contributed by atoms with E-state index in [1.165, 1.54) is 18.4 Å². The molecule has 2 fully saturated rings. The lowest BCUT2D eigenvalue weighted by atomic mass is 9.89. The number of benzene rings is 1. The molecule has 3 nitrogen and oxygen atoms in total. The van der Waals surface area contributed by atoms with Crippen molar-refractivity contribution in [3.05, 3.63) is 29.8 Å². The van der Waals surface area contributed by atoms with Gasteiger partial charge in [-0.25, -0.2) is 0 Å². The maximum absolute atomic E-state index is 13.0. The zero-order valence-corrected chi connectivity index (χ0v) is 12.8. The lowest BCUT2D eigenvalue weighted by molar-refractivity contribution is -0.120. The Bertz CT molecular complexity index is 562. The first-order chi connectivity index (χ1) is 10.2. The molecule has 0 radical (unpaired) electrons. The van der Waals surface area contributed by atoms with Gasteiger partial charge in [-0.1, -0.05) is 25.1 Å². The zero-order chi connectivity index (χ0) is 14.4. The van der Waals surface area contributed by atoms with Crippen LogP contribution in [0, 0.1) is 11.3 Å². The summed E-state index contributed by atoms with van der Waals surface area (Å²) in [5.41, 5.74) is 2.84. The summed E-state index contributed by atoms with van der Waals surface area (Å²) in [6, 6.07) is 8.46. The number of piperidine rings is 1. The number of nitrogens with one attached hydrogen (secondary N) is 1. The Morgan fingerprint density at radius 1 is 1.29 bits per heavy atom. The Balaban J connectivity index is 1.57. The summed E-state index contributed by atoms with van der Waals surface area (Å²) in [5, 5.41) is 3.42. The van der Waals surface area contributed by atoms with E-state index in [1.54, 1.807) is 0 Å². The molecule has 1 saturated carbocycles. The van der Waals surface area contributed by atoms with E-state index in [4.69, 9.17) is 0 Å². The predicted octanol–water partition coefficient (Wildman–Crippen LogP) is 2.92. The molecule has 0 aromatic heterocycles. The molecule has 2 unspecified atom stereocenters. The van der Waals surface area contributed by atoms with Gasteiger partial charge in [0.15, 0.2) is 0 Å². The molecule has 2 atom stereocenters. The van der Waals surface area contributed by atoms with Crippen LogP contribution >= 0.6 is 0 Å². The smallest absolute Gasteiger partial charge is 0.230 e. The predicted molar refractivity (Wildman–Crippen MR) is 84.5 cm³/mol. The molecule has 112 valence electrons. The quantitative estimate of drug-likeness (QED) is 0.860. The number of hydrogen-bond acceptors (Lipinski definition) is 2. The second-order valence-corrected chi connectivity index (χ2v) is 7.11. The maximum atomic E-state index is 13.0. The molecule has 1 aliphatic carbocycles. The molecule has 1 spiro atoms. The van der Waals surface area contributed by atoms with Gasteiger partial charge in [0.25, 0.3) is 0 Å². The van der Waals surface area contributed by atoms with Crippen molar-refractivity contribution in [3.8, 4) is 0 Å². The fourth-order valence-electron chi connectivity index (χ4n) is 4.34. The van der Waals surface area contributed by atoms with Crippen LogP contribution in [0.4, 0.5) is 5.69 Å². The summed E-state index contributed by atoms with van der Waals surface area (Å²) in [6.07, 6.45) is 4.55. The second kappa shape index (κ2) is 4.84. The topological polar surface area (TPSA) is 32.3 Å². The van der Waals surface area contributed by atoms with Gasteiger partial charge in [-0.05, 0) is 61.7 Å². The number of carbonyl (C=O) groups excluding carboxylic acids is 1. The van der Waals surface area contributed by atoms with Crippen LogP contribution in [-0.2, 0) is 4.79 Å². The van der Waals surface area contributed by atoms with Gasteiger partial charge in [-0.15, -0.1) is 0 Å². The van der Waals surface area contributed by atoms with Gasteiger partial charge in [-0.3, -0.25) is 4.79 Å². The molecule has 21 heavy (non-hydrogen) atoms. The monoisotopic (exact) mass is 284 g/mol. The molecule has 3 aliphatic rings. The number of nitrogens with zero attached hydrogens (tertiary/aromatic N) is 1. The summed E-state index contributed by atoms with van der Waals surface area (Å²) in [4.78, 5) is 15.1. The van der Waals surface area contributed by atoms with E-state index in [-0.39, 0.29) is 5.92 Å². The molecule has 1 aromatic rings. The first-order valence-electron chi connectivity index (χ1n) is 8.32. The van der Waals surface area contributed by atoms with E-state index < -0.39 is 0 Å². The van der Waals surface area contributed by atoms with Gasteiger partial charge in [0, 0.05) is 18.2 Å². The van der Waals surface area contributed by atoms with Gasteiger partial charge in [0.2, 0.25) is 5.91 Å². The molecule has 1 aromatic carbocycles. The third-order valence-electron chi connectivity index (χ3n) is 5.90. The van der Waals surface area contributed by atoms with Crippen molar-refractivity contribution in [3.63, 3.8) is 0 Å². The molecule has 2 heterocycles. The highest BCUT2D eigenvalue weighted by Gasteiger charge is 2.58. The normalized spacial score (nSPS) is 30.0. The first-order valence-corrected chi connectivity index (χ1v) is 8.32. The van der Waals surface area contributed by atoms with E-state index in [0.29, 0.717) is 17.2 Å². The highest BCUT2D eigenvalue weighted by atomic mass is 16.2. The van der Waals surface area contributed by atoms with Crippen LogP contribution < -0.4 is 10.2 Å². The average molecular weight is 284 g/mol.